The van der Waals surface area contributed by atoms with Crippen LogP contribution in [0.15, 0.2) is 48.8 Å². The van der Waals surface area contributed by atoms with E-state index in [1.54, 1.807) is 6.07 Å². The highest BCUT2D eigenvalue weighted by Gasteiger charge is 2.20. The second-order valence-electron chi connectivity index (χ2n) is 7.34. The number of anilines is 1. The molecule has 0 unspecified atom stereocenters. The van der Waals surface area contributed by atoms with Gasteiger partial charge in [-0.3, -0.25) is 4.90 Å². The molecule has 0 amide bonds. The van der Waals surface area contributed by atoms with E-state index in [9.17, 15) is 8.78 Å². The van der Waals surface area contributed by atoms with E-state index in [4.69, 9.17) is 14.2 Å². The second-order valence-corrected chi connectivity index (χ2v) is 7.34. The van der Waals surface area contributed by atoms with Crippen LogP contribution < -0.4 is 19.1 Å². The summed E-state index contributed by atoms with van der Waals surface area (Å²) in [6.45, 7) is 4.39. The average molecular weight is 426 g/mol. The topological polar surface area (TPSA) is 60.0 Å². The number of halogens is 2. The second kappa shape index (κ2) is 8.35. The molecule has 0 spiro atoms. The summed E-state index contributed by atoms with van der Waals surface area (Å²) < 4.78 is 43.2. The van der Waals surface area contributed by atoms with E-state index in [-0.39, 0.29) is 18.4 Å². The SMILES string of the molecule is Fc1ccc(Oc2cc(N3CCN(Cc4ccc5c(c4)OCO5)CC3)ncn2)c(F)c1. The Labute approximate surface area is 177 Å². The Hall–Kier alpha value is -3.46. The summed E-state index contributed by atoms with van der Waals surface area (Å²) in [5.74, 6) is 0.968. The van der Waals surface area contributed by atoms with Crippen LogP contribution in [0.1, 0.15) is 5.56 Å². The zero-order chi connectivity index (χ0) is 21.2. The third-order valence-corrected chi connectivity index (χ3v) is 5.28. The fraction of sp³-hybridized carbons (Fsp3) is 0.273. The number of hydrogen-bond acceptors (Lipinski definition) is 7. The zero-order valence-corrected chi connectivity index (χ0v) is 16.6. The predicted molar refractivity (Wildman–Crippen MR) is 109 cm³/mol. The van der Waals surface area contributed by atoms with Gasteiger partial charge in [-0.15, -0.1) is 0 Å². The van der Waals surface area contributed by atoms with Crippen LogP contribution in [0.3, 0.4) is 0 Å². The molecule has 0 N–H and O–H groups in total. The van der Waals surface area contributed by atoms with Gasteiger partial charge in [-0.25, -0.2) is 18.7 Å². The third kappa shape index (κ3) is 4.36. The van der Waals surface area contributed by atoms with Crippen LogP contribution in [0.25, 0.3) is 0 Å². The number of aromatic nitrogens is 2. The number of ether oxygens (including phenoxy) is 3. The number of benzene rings is 2. The molecule has 2 aliphatic heterocycles. The van der Waals surface area contributed by atoms with E-state index < -0.39 is 11.6 Å². The Kier molecular flexibility index (Phi) is 5.25. The van der Waals surface area contributed by atoms with Gasteiger partial charge in [-0.2, -0.15) is 0 Å². The normalized spacial score (nSPS) is 15.9. The van der Waals surface area contributed by atoms with Crippen molar-refractivity contribution < 1.29 is 23.0 Å². The maximum Gasteiger partial charge on any atom is 0.231 e. The van der Waals surface area contributed by atoms with Gasteiger partial charge in [0.2, 0.25) is 12.7 Å². The molecule has 31 heavy (non-hydrogen) atoms. The highest BCUT2D eigenvalue weighted by atomic mass is 19.1. The van der Waals surface area contributed by atoms with Gasteiger partial charge in [-0.05, 0) is 29.8 Å². The summed E-state index contributed by atoms with van der Waals surface area (Å²) >= 11 is 0. The van der Waals surface area contributed by atoms with E-state index in [1.165, 1.54) is 18.0 Å². The van der Waals surface area contributed by atoms with Crippen molar-refractivity contribution in [3.63, 3.8) is 0 Å². The van der Waals surface area contributed by atoms with Crippen LogP contribution in [-0.2, 0) is 6.54 Å². The van der Waals surface area contributed by atoms with Crippen molar-refractivity contribution in [3.8, 4) is 23.1 Å². The standard InChI is InChI=1S/C22H20F2N4O3/c23-16-2-4-18(17(24)10-16)31-22-11-21(25-13-26-22)28-7-5-27(6-8-28)12-15-1-3-19-20(9-15)30-14-29-19/h1-4,9-11,13H,5-8,12,14H2. The van der Waals surface area contributed by atoms with Crippen molar-refractivity contribution >= 4 is 5.82 Å². The molecule has 0 aliphatic carbocycles. The van der Waals surface area contributed by atoms with Crippen molar-refractivity contribution in [3.05, 3.63) is 66.0 Å². The molecule has 1 fully saturated rings. The molecule has 2 aromatic carbocycles. The van der Waals surface area contributed by atoms with Gasteiger partial charge >= 0.3 is 0 Å². The molecule has 1 aromatic heterocycles. The highest BCUT2D eigenvalue weighted by Crippen LogP contribution is 2.33. The van der Waals surface area contributed by atoms with E-state index in [0.29, 0.717) is 5.82 Å². The van der Waals surface area contributed by atoms with E-state index in [0.717, 1.165) is 56.4 Å². The molecule has 3 heterocycles. The molecule has 5 rings (SSSR count). The number of piperazine rings is 1. The Morgan fingerprint density at radius 3 is 2.58 bits per heavy atom. The molecule has 0 saturated carbocycles. The fourth-order valence-electron chi connectivity index (χ4n) is 3.66. The fourth-order valence-corrected chi connectivity index (χ4v) is 3.66. The molecule has 160 valence electrons. The minimum absolute atomic E-state index is 0.0837. The highest BCUT2D eigenvalue weighted by molar-refractivity contribution is 5.45. The van der Waals surface area contributed by atoms with Gasteiger partial charge in [0.1, 0.15) is 18.0 Å². The van der Waals surface area contributed by atoms with Crippen LogP contribution in [0.2, 0.25) is 0 Å². The van der Waals surface area contributed by atoms with Gasteiger partial charge < -0.3 is 19.1 Å². The van der Waals surface area contributed by atoms with Gasteiger partial charge in [0, 0.05) is 44.9 Å². The van der Waals surface area contributed by atoms with Gasteiger partial charge in [0.05, 0.1) is 0 Å². The minimum atomic E-state index is -0.780. The van der Waals surface area contributed by atoms with Gasteiger partial charge in [-0.1, -0.05) is 6.07 Å². The lowest BCUT2D eigenvalue weighted by molar-refractivity contribution is 0.174. The molecular formula is C22H20F2N4O3. The molecule has 9 heteroatoms. The predicted octanol–water partition coefficient (Wildman–Crippen LogP) is 3.60. The van der Waals surface area contributed by atoms with Gasteiger partial charge in [0.15, 0.2) is 23.1 Å². The van der Waals surface area contributed by atoms with Gasteiger partial charge in [0.25, 0.3) is 0 Å². The first-order valence-electron chi connectivity index (χ1n) is 9.95. The Bertz CT molecular complexity index is 1090. The Morgan fingerprint density at radius 1 is 0.903 bits per heavy atom. The lowest BCUT2D eigenvalue weighted by Crippen LogP contribution is -2.46. The van der Waals surface area contributed by atoms with Crippen LogP contribution in [0, 0.1) is 11.6 Å². The minimum Gasteiger partial charge on any atom is -0.454 e. The summed E-state index contributed by atoms with van der Waals surface area (Å²) in [4.78, 5) is 12.9. The largest absolute Gasteiger partial charge is 0.454 e. The van der Waals surface area contributed by atoms with Crippen molar-refractivity contribution in [2.45, 2.75) is 6.54 Å². The maximum atomic E-state index is 13.8. The summed E-state index contributed by atoms with van der Waals surface area (Å²) in [5.41, 5.74) is 1.18. The van der Waals surface area contributed by atoms with Crippen LogP contribution in [-0.4, -0.2) is 47.8 Å². The van der Waals surface area contributed by atoms with E-state index in [1.807, 2.05) is 12.1 Å². The van der Waals surface area contributed by atoms with Crippen molar-refractivity contribution in [1.82, 2.24) is 14.9 Å². The van der Waals surface area contributed by atoms with Crippen molar-refractivity contribution in [1.29, 1.82) is 0 Å². The third-order valence-electron chi connectivity index (χ3n) is 5.28. The Morgan fingerprint density at radius 2 is 1.74 bits per heavy atom. The lowest BCUT2D eigenvalue weighted by Gasteiger charge is -2.35. The van der Waals surface area contributed by atoms with Crippen molar-refractivity contribution in [2.24, 2.45) is 0 Å². The van der Waals surface area contributed by atoms with Crippen LogP contribution in [0.4, 0.5) is 14.6 Å². The first-order chi connectivity index (χ1) is 15.1. The molecule has 2 aliphatic rings. The number of fused-ring (bicyclic) bond motifs is 1. The summed E-state index contributed by atoms with van der Waals surface area (Å²) in [6.07, 6.45) is 1.38. The zero-order valence-electron chi connectivity index (χ0n) is 16.6. The number of nitrogens with zero attached hydrogens (tertiary/aromatic N) is 4. The summed E-state index contributed by atoms with van der Waals surface area (Å²) in [5, 5.41) is 0. The molecule has 1 saturated heterocycles. The average Bonchev–Trinajstić information content (AvgIpc) is 3.24. The quantitative estimate of drug-likeness (QED) is 0.618. The smallest absolute Gasteiger partial charge is 0.231 e. The van der Waals surface area contributed by atoms with E-state index in [2.05, 4.69) is 25.8 Å². The summed E-state index contributed by atoms with van der Waals surface area (Å²) in [7, 11) is 0. The number of hydrogen-bond donors (Lipinski definition) is 0. The molecule has 7 nitrogen and oxygen atoms in total. The first kappa shape index (κ1) is 19.5. The summed E-state index contributed by atoms with van der Waals surface area (Å²) in [6, 6.07) is 10.8. The Balaban J connectivity index is 1.20. The maximum absolute atomic E-state index is 13.8. The van der Waals surface area contributed by atoms with Crippen LogP contribution >= 0.6 is 0 Å². The lowest BCUT2D eigenvalue weighted by atomic mass is 10.1. The molecule has 0 bridgehead atoms. The monoisotopic (exact) mass is 426 g/mol. The molecular weight excluding hydrogens is 406 g/mol. The first-order valence-corrected chi connectivity index (χ1v) is 9.95. The molecule has 0 radical (unpaired) electrons. The molecule has 3 aromatic rings. The van der Waals surface area contributed by atoms with Crippen LogP contribution in [0.5, 0.6) is 23.1 Å². The molecule has 0 atom stereocenters. The number of rotatable bonds is 5. The van der Waals surface area contributed by atoms with E-state index >= 15 is 0 Å². The van der Waals surface area contributed by atoms with Crippen molar-refractivity contribution in [2.75, 3.05) is 37.9 Å².